The Kier molecular flexibility index (Phi) is 4.08. The maximum absolute atomic E-state index is 5.88. The van der Waals surface area contributed by atoms with E-state index in [2.05, 4.69) is 16.0 Å². The summed E-state index contributed by atoms with van der Waals surface area (Å²) in [4.78, 5) is 8.68. The van der Waals surface area contributed by atoms with Gasteiger partial charge in [-0.25, -0.2) is 0 Å². The molecule has 0 spiro atoms. The normalized spacial score (nSPS) is 10.9. The highest BCUT2D eigenvalue weighted by Gasteiger charge is 1.99. The molecule has 0 radical (unpaired) electrons. The van der Waals surface area contributed by atoms with Crippen molar-refractivity contribution in [2.24, 2.45) is 0 Å². The molecule has 0 aliphatic carbocycles. The van der Waals surface area contributed by atoms with Crippen molar-refractivity contribution in [2.45, 2.75) is 0 Å². The summed E-state index contributed by atoms with van der Waals surface area (Å²) in [5.74, 6) is 0. The van der Waals surface area contributed by atoms with Gasteiger partial charge in [-0.15, -0.1) is 0 Å². The van der Waals surface area contributed by atoms with E-state index in [9.17, 15) is 0 Å². The largest absolute Gasteiger partial charge is 0.255 e. The van der Waals surface area contributed by atoms with E-state index in [1.807, 2.05) is 60.7 Å². The monoisotopic (exact) mass is 292 g/mol. The lowest BCUT2D eigenvalue weighted by molar-refractivity contribution is 1.24. The van der Waals surface area contributed by atoms with Crippen LogP contribution in [0.1, 0.15) is 11.1 Å². The molecule has 3 heteroatoms. The molecule has 0 aliphatic heterocycles. The molecule has 2 nitrogen and oxygen atoms in total. The number of halogens is 1. The van der Waals surface area contributed by atoms with Crippen LogP contribution in [-0.4, -0.2) is 9.97 Å². The van der Waals surface area contributed by atoms with Crippen LogP contribution in [0.3, 0.4) is 0 Å². The van der Waals surface area contributed by atoms with Crippen LogP contribution in [0.4, 0.5) is 0 Å². The van der Waals surface area contributed by atoms with E-state index < -0.39 is 0 Å². The topological polar surface area (TPSA) is 25.8 Å². The van der Waals surface area contributed by atoms with Crippen molar-refractivity contribution in [3.63, 3.8) is 0 Å². The van der Waals surface area contributed by atoms with Crippen LogP contribution in [0.25, 0.3) is 23.5 Å². The van der Waals surface area contributed by atoms with E-state index in [0.717, 1.165) is 27.5 Å². The van der Waals surface area contributed by atoms with Crippen LogP contribution >= 0.6 is 11.6 Å². The van der Waals surface area contributed by atoms with Crippen LogP contribution < -0.4 is 0 Å². The molecule has 0 amide bonds. The number of aromatic nitrogens is 2. The minimum Gasteiger partial charge on any atom is -0.255 e. The maximum atomic E-state index is 5.88. The van der Waals surface area contributed by atoms with Gasteiger partial charge < -0.3 is 0 Å². The fourth-order valence-electron chi connectivity index (χ4n) is 1.97. The van der Waals surface area contributed by atoms with Crippen molar-refractivity contribution in [1.82, 2.24) is 9.97 Å². The van der Waals surface area contributed by atoms with Gasteiger partial charge in [-0.1, -0.05) is 42.0 Å². The van der Waals surface area contributed by atoms with E-state index in [0.29, 0.717) is 0 Å². The Balaban J connectivity index is 1.85. The Morgan fingerprint density at radius 2 is 1.48 bits per heavy atom. The highest BCUT2D eigenvalue weighted by molar-refractivity contribution is 6.30. The zero-order valence-electron chi connectivity index (χ0n) is 11.3. The molecular weight excluding hydrogens is 280 g/mol. The first-order valence-electron chi connectivity index (χ1n) is 6.62. The van der Waals surface area contributed by atoms with Crippen LogP contribution in [0.2, 0.25) is 5.02 Å². The first-order valence-corrected chi connectivity index (χ1v) is 7.00. The van der Waals surface area contributed by atoms with Gasteiger partial charge in [0, 0.05) is 17.4 Å². The summed E-state index contributed by atoms with van der Waals surface area (Å²) in [5.41, 5.74) is 3.93. The molecule has 0 N–H and O–H groups in total. The Bertz CT molecular complexity index is 750. The maximum Gasteiger partial charge on any atom is 0.0892 e. The lowest BCUT2D eigenvalue weighted by Gasteiger charge is -2.01. The standard InChI is InChI=1S/C18H13ClN2/c19-16-8-6-14(7-9-16)4-5-15-10-12-21-18(13-15)17-3-1-2-11-20-17/h1-13H/b5-4-. The second-order valence-corrected chi connectivity index (χ2v) is 5.01. The van der Waals surface area contributed by atoms with Gasteiger partial charge in [0.25, 0.3) is 0 Å². The number of pyridine rings is 2. The number of hydrogen-bond acceptors (Lipinski definition) is 2. The molecule has 0 saturated heterocycles. The number of benzene rings is 1. The first kappa shape index (κ1) is 13.5. The van der Waals surface area contributed by atoms with Gasteiger partial charge in [0.15, 0.2) is 0 Å². The Morgan fingerprint density at radius 3 is 2.24 bits per heavy atom. The molecule has 0 bridgehead atoms. The highest BCUT2D eigenvalue weighted by atomic mass is 35.5. The van der Waals surface area contributed by atoms with Gasteiger partial charge in [-0.3, -0.25) is 9.97 Å². The minimum atomic E-state index is 0.744. The van der Waals surface area contributed by atoms with Gasteiger partial charge in [0.05, 0.1) is 11.4 Å². The molecule has 3 aromatic rings. The van der Waals surface area contributed by atoms with Crippen LogP contribution in [-0.2, 0) is 0 Å². The average molecular weight is 293 g/mol. The Labute approximate surface area is 128 Å². The van der Waals surface area contributed by atoms with Gasteiger partial charge in [-0.2, -0.15) is 0 Å². The lowest BCUT2D eigenvalue weighted by atomic mass is 10.1. The fraction of sp³-hybridized carbons (Fsp3) is 0. The molecule has 0 saturated carbocycles. The predicted octanol–water partition coefficient (Wildman–Crippen LogP) is 4.97. The lowest BCUT2D eigenvalue weighted by Crippen LogP contribution is -1.86. The van der Waals surface area contributed by atoms with Gasteiger partial charge in [-0.05, 0) is 47.5 Å². The van der Waals surface area contributed by atoms with Crippen molar-refractivity contribution < 1.29 is 0 Å². The van der Waals surface area contributed by atoms with E-state index in [1.165, 1.54) is 0 Å². The molecule has 0 fully saturated rings. The Morgan fingerprint density at radius 1 is 0.714 bits per heavy atom. The zero-order chi connectivity index (χ0) is 14.5. The van der Waals surface area contributed by atoms with Gasteiger partial charge in [0.2, 0.25) is 0 Å². The van der Waals surface area contributed by atoms with Crippen LogP contribution in [0.5, 0.6) is 0 Å². The molecule has 3 rings (SSSR count). The molecule has 0 unspecified atom stereocenters. The second-order valence-electron chi connectivity index (χ2n) is 4.57. The summed E-state index contributed by atoms with van der Waals surface area (Å²) in [6.07, 6.45) is 7.67. The fourth-order valence-corrected chi connectivity index (χ4v) is 2.10. The first-order chi connectivity index (χ1) is 10.3. The predicted molar refractivity (Wildman–Crippen MR) is 87.8 cm³/mol. The number of rotatable bonds is 3. The van der Waals surface area contributed by atoms with Crippen molar-refractivity contribution in [3.8, 4) is 11.4 Å². The van der Waals surface area contributed by atoms with E-state index in [4.69, 9.17) is 11.6 Å². The molecule has 21 heavy (non-hydrogen) atoms. The molecule has 1 aromatic carbocycles. The van der Waals surface area contributed by atoms with E-state index in [1.54, 1.807) is 12.4 Å². The minimum absolute atomic E-state index is 0.744. The number of nitrogens with zero attached hydrogens (tertiary/aromatic N) is 2. The average Bonchev–Trinajstić information content (AvgIpc) is 2.55. The Hall–Kier alpha value is -2.45. The van der Waals surface area contributed by atoms with Gasteiger partial charge in [0.1, 0.15) is 0 Å². The summed E-state index contributed by atoms with van der Waals surface area (Å²) >= 11 is 5.88. The quantitative estimate of drug-likeness (QED) is 0.681. The second kappa shape index (κ2) is 6.33. The summed E-state index contributed by atoms with van der Waals surface area (Å²) in [5, 5.41) is 0.744. The van der Waals surface area contributed by atoms with Crippen molar-refractivity contribution in [3.05, 3.63) is 83.1 Å². The van der Waals surface area contributed by atoms with Crippen molar-refractivity contribution in [2.75, 3.05) is 0 Å². The number of hydrogen-bond donors (Lipinski definition) is 0. The van der Waals surface area contributed by atoms with Crippen molar-refractivity contribution >= 4 is 23.8 Å². The van der Waals surface area contributed by atoms with E-state index >= 15 is 0 Å². The van der Waals surface area contributed by atoms with Crippen LogP contribution in [0, 0.1) is 0 Å². The third kappa shape index (κ3) is 3.56. The summed E-state index contributed by atoms with van der Waals surface area (Å²) in [6.45, 7) is 0. The zero-order valence-corrected chi connectivity index (χ0v) is 12.0. The van der Waals surface area contributed by atoms with Gasteiger partial charge >= 0.3 is 0 Å². The summed E-state index contributed by atoms with van der Waals surface area (Å²) in [7, 11) is 0. The van der Waals surface area contributed by atoms with Crippen molar-refractivity contribution in [1.29, 1.82) is 0 Å². The van der Waals surface area contributed by atoms with Crippen LogP contribution in [0.15, 0.2) is 67.0 Å². The molecule has 0 atom stereocenters. The third-order valence-electron chi connectivity index (χ3n) is 3.05. The smallest absolute Gasteiger partial charge is 0.0892 e. The molecule has 0 aliphatic rings. The van der Waals surface area contributed by atoms with E-state index in [-0.39, 0.29) is 0 Å². The summed E-state index contributed by atoms with van der Waals surface area (Å²) < 4.78 is 0. The molecule has 102 valence electrons. The summed E-state index contributed by atoms with van der Waals surface area (Å²) in [6, 6.07) is 17.5. The third-order valence-corrected chi connectivity index (χ3v) is 3.30. The molecular formula is C18H13ClN2. The SMILES string of the molecule is Clc1ccc(/C=C\c2ccnc(-c3ccccn3)c2)cc1. The molecule has 2 heterocycles. The highest BCUT2D eigenvalue weighted by Crippen LogP contribution is 2.17. The molecule has 2 aromatic heterocycles.